The monoisotopic (exact) mass is 1260 g/mol. The number of ketones is 1. The third-order valence-corrected chi connectivity index (χ3v) is 23.8. The van der Waals surface area contributed by atoms with Crippen molar-refractivity contribution in [3.63, 3.8) is 0 Å². The SMILES string of the molecule is CC[C@H]1OC(=O)[C@H](C)[C@@H](OC2C[C@@](C)(OC)[C@](O)(CCCCCCCCCNC(=O)[C@H]3[C@H](C)CC4C5CCC6=CC(=O)C=C[C@]6(C)[C@@]5(F)[C@@H](O)C[C@@]43C)[C@H](C)O2)[C@@H](C)[C@@H](OC2O[C@H](C)C[C@H](N(C)CC)[C@H]2O)[C@](C)(OC)C[C@@H](C)C(=O)N[C@H](C)[C@@H](O)[C@]1(C)O. The molecule has 6 fully saturated rings. The van der Waals surface area contributed by atoms with Gasteiger partial charge in [0.05, 0.1) is 48.1 Å². The van der Waals surface area contributed by atoms with E-state index in [9.17, 15) is 44.7 Å². The summed E-state index contributed by atoms with van der Waals surface area (Å²) >= 11 is 0. The number of likely N-dealkylation sites (N-methyl/N-ethyl adjacent to an activating group) is 1. The molecule has 510 valence electrons. The molecule has 3 saturated carbocycles. The highest BCUT2D eigenvalue weighted by Crippen LogP contribution is 2.70. The van der Waals surface area contributed by atoms with Crippen molar-refractivity contribution in [3.8, 4) is 0 Å². The summed E-state index contributed by atoms with van der Waals surface area (Å²) in [6.07, 6.45) is 3.39. The smallest absolute Gasteiger partial charge is 0.311 e. The number of rotatable bonds is 20. The van der Waals surface area contributed by atoms with E-state index in [1.54, 1.807) is 53.9 Å². The Hall–Kier alpha value is -2.99. The fraction of sp³-hybridized carbons (Fsp3) is 0.884. The highest BCUT2D eigenvalue weighted by Gasteiger charge is 2.72. The minimum absolute atomic E-state index is 0.0216. The van der Waals surface area contributed by atoms with Crippen molar-refractivity contribution in [2.75, 3.05) is 34.4 Å². The molecule has 4 aliphatic carbocycles. The van der Waals surface area contributed by atoms with Crippen LogP contribution in [0.4, 0.5) is 4.39 Å². The van der Waals surface area contributed by atoms with Gasteiger partial charge in [0.2, 0.25) is 11.8 Å². The number of carbonyl (C=O) groups is 4. The normalized spacial score (nSPS) is 46.6. The highest BCUT2D eigenvalue weighted by atomic mass is 19.1. The molecule has 3 aliphatic heterocycles. The number of unbranched alkanes of at least 4 members (excludes halogenated alkanes) is 6. The number of nitrogens with zero attached hydrogens (tertiary/aromatic N) is 1. The molecule has 89 heavy (non-hydrogen) atoms. The van der Waals surface area contributed by atoms with Gasteiger partial charge >= 0.3 is 5.97 Å². The van der Waals surface area contributed by atoms with Gasteiger partial charge in [-0.25, -0.2) is 4.39 Å². The van der Waals surface area contributed by atoms with Crippen LogP contribution in [-0.4, -0.2) is 190 Å². The van der Waals surface area contributed by atoms with E-state index in [1.165, 1.54) is 20.1 Å². The average molecular weight is 1260 g/mol. The van der Waals surface area contributed by atoms with Gasteiger partial charge in [0.15, 0.2) is 24.0 Å². The minimum Gasteiger partial charge on any atom is -0.459 e. The van der Waals surface area contributed by atoms with Gasteiger partial charge in [-0.3, -0.25) is 19.2 Å². The van der Waals surface area contributed by atoms with Crippen molar-refractivity contribution in [2.24, 2.45) is 52.3 Å². The van der Waals surface area contributed by atoms with E-state index in [4.69, 9.17) is 33.2 Å². The number of hydrogen-bond donors (Lipinski definition) is 7. The second kappa shape index (κ2) is 28.9. The number of fused-ring (bicyclic) bond motifs is 5. The number of halogens is 1. The quantitative estimate of drug-likeness (QED) is 0.0450. The molecule has 0 aromatic heterocycles. The molecule has 19 nitrogen and oxygen atoms in total. The zero-order chi connectivity index (χ0) is 66.1. The summed E-state index contributed by atoms with van der Waals surface area (Å²) < 4.78 is 63.6. The van der Waals surface area contributed by atoms with Crippen molar-refractivity contribution in [2.45, 2.75) is 301 Å². The number of ether oxygens (including phenoxy) is 7. The van der Waals surface area contributed by atoms with Gasteiger partial charge in [0, 0.05) is 62.3 Å². The fourth-order valence-corrected chi connectivity index (χ4v) is 18.0. The first-order valence-corrected chi connectivity index (χ1v) is 33.9. The average Bonchev–Trinajstić information content (AvgIpc) is 1.68. The molecule has 2 amide bonds. The molecule has 0 bridgehead atoms. The van der Waals surface area contributed by atoms with E-state index in [-0.39, 0.29) is 67.3 Å². The number of alkyl halides is 1. The Morgan fingerprint density at radius 2 is 1.49 bits per heavy atom. The molecular formula is C69H116FN3O16. The third kappa shape index (κ3) is 14.2. The van der Waals surface area contributed by atoms with Crippen LogP contribution in [0.15, 0.2) is 23.8 Å². The van der Waals surface area contributed by atoms with Crippen molar-refractivity contribution < 1.29 is 82.3 Å². The van der Waals surface area contributed by atoms with Gasteiger partial charge in [-0.15, -0.1) is 0 Å². The number of aliphatic hydroxyl groups excluding tert-OH is 3. The van der Waals surface area contributed by atoms with Gasteiger partial charge in [0.25, 0.3) is 0 Å². The standard InChI is InChI=1S/C69H116FN3O16/c1-18-52-67(14,81)57(77)44(8)72-59(78)40(4)36-65(12,83-16)58(89-62-55(76)50(73(15)19-2)34-41(5)85-62)42(6)56(43(7)61(80)87-52)88-53-38-66(13,84-17)68(82,45(9)86-53)30-25-23-21-20-22-24-26-32-71-60(79)54-39(3)33-49-48-28-27-46-35-47(74)29-31-64(46,11)69(48,70)51(75)37-63(49,54)10/h29,31,35,39-45,48-58,62,75-77,81-82H,18-28,30,32-34,36-38H2,1-17H3,(H,71,79)(H,72,78)/t39-,40-,41-,42-,43-,44-,45+,48?,49?,50+,51+,52-,53?,54-,55-,56+,57-,58-,62?,63+,64+,65-,66-,67-,68+,69+/m1/s1. The molecule has 3 saturated heterocycles. The highest BCUT2D eigenvalue weighted by molar-refractivity contribution is 6.01. The topological polar surface area (TPSA) is 261 Å². The van der Waals surface area contributed by atoms with Crippen LogP contribution in [0.25, 0.3) is 0 Å². The largest absolute Gasteiger partial charge is 0.459 e. The number of amides is 2. The third-order valence-electron chi connectivity index (χ3n) is 23.8. The Bertz CT molecular complexity index is 2500. The summed E-state index contributed by atoms with van der Waals surface area (Å²) in [6.45, 7) is 26.5. The van der Waals surface area contributed by atoms with Crippen LogP contribution in [0.5, 0.6) is 0 Å². The molecule has 20 heteroatoms. The van der Waals surface area contributed by atoms with Crippen LogP contribution in [0.1, 0.15) is 200 Å². The van der Waals surface area contributed by atoms with Crippen molar-refractivity contribution >= 4 is 23.6 Å². The summed E-state index contributed by atoms with van der Waals surface area (Å²) in [5.41, 5.74) is -8.76. The Morgan fingerprint density at radius 1 is 0.843 bits per heavy atom. The summed E-state index contributed by atoms with van der Waals surface area (Å²) in [6, 6.07) is -1.28. The lowest BCUT2D eigenvalue weighted by Gasteiger charge is -2.61. The Labute approximate surface area is 531 Å². The zero-order valence-electron chi connectivity index (χ0n) is 57.0. The van der Waals surface area contributed by atoms with Crippen molar-refractivity contribution in [1.29, 1.82) is 0 Å². The van der Waals surface area contributed by atoms with Gasteiger partial charge in [0.1, 0.15) is 35.1 Å². The lowest BCUT2D eigenvalue weighted by molar-refractivity contribution is -0.339. The molecule has 7 N–H and O–H groups in total. The molecule has 0 radical (unpaired) electrons. The summed E-state index contributed by atoms with van der Waals surface area (Å²) in [4.78, 5) is 57.2. The Kier molecular flexibility index (Phi) is 23.9. The fourth-order valence-electron chi connectivity index (χ4n) is 18.0. The number of methoxy groups -OCH3 is 2. The Balaban J connectivity index is 0.984. The van der Waals surface area contributed by atoms with Crippen LogP contribution >= 0.6 is 0 Å². The van der Waals surface area contributed by atoms with Gasteiger partial charge in [-0.05, 0) is 156 Å². The van der Waals surface area contributed by atoms with E-state index < -0.39 is 136 Å². The number of hydrogen-bond acceptors (Lipinski definition) is 17. The summed E-state index contributed by atoms with van der Waals surface area (Å²) in [7, 11) is 5.00. The lowest BCUT2D eigenvalue weighted by Crippen LogP contribution is -2.67. The maximum Gasteiger partial charge on any atom is 0.311 e. The van der Waals surface area contributed by atoms with Crippen LogP contribution in [0.2, 0.25) is 0 Å². The van der Waals surface area contributed by atoms with Gasteiger partial charge in [-0.2, -0.15) is 0 Å². The van der Waals surface area contributed by atoms with Crippen LogP contribution in [-0.2, 0) is 52.3 Å². The van der Waals surface area contributed by atoms with E-state index >= 15 is 4.39 Å². The van der Waals surface area contributed by atoms with Gasteiger partial charge in [-0.1, -0.05) is 91.7 Å². The molecule has 0 aromatic carbocycles. The number of aliphatic hydroxyl groups is 5. The molecule has 26 atom stereocenters. The number of nitrogens with one attached hydrogen (secondary N) is 2. The molecular weight excluding hydrogens is 1150 g/mol. The molecule has 3 heterocycles. The van der Waals surface area contributed by atoms with Crippen LogP contribution in [0.3, 0.4) is 0 Å². The predicted molar refractivity (Wildman–Crippen MR) is 334 cm³/mol. The number of allylic oxidation sites excluding steroid dienone is 4. The van der Waals surface area contributed by atoms with E-state index in [0.717, 1.165) is 50.5 Å². The summed E-state index contributed by atoms with van der Waals surface area (Å²) in [5, 5.41) is 66.0. The van der Waals surface area contributed by atoms with Gasteiger partial charge < -0.3 is 74.2 Å². The molecule has 0 spiro atoms. The first-order chi connectivity index (χ1) is 41.6. The lowest BCUT2D eigenvalue weighted by atomic mass is 9.45. The van der Waals surface area contributed by atoms with E-state index in [0.29, 0.717) is 45.2 Å². The maximum atomic E-state index is 17.6. The molecule has 7 aliphatic rings. The summed E-state index contributed by atoms with van der Waals surface area (Å²) in [5.74, 6) is -4.77. The predicted octanol–water partition coefficient (Wildman–Crippen LogP) is 7.97. The number of cyclic esters (lactones) is 1. The Morgan fingerprint density at radius 3 is 2.12 bits per heavy atom. The minimum atomic E-state index is -2.00. The second-order valence-corrected chi connectivity index (χ2v) is 29.7. The number of carbonyl (C=O) groups excluding carboxylic acids is 4. The first kappa shape index (κ1) is 73.4. The maximum absolute atomic E-state index is 17.6. The van der Waals surface area contributed by atoms with Crippen molar-refractivity contribution in [1.82, 2.24) is 15.5 Å². The van der Waals surface area contributed by atoms with Crippen molar-refractivity contribution in [3.05, 3.63) is 23.8 Å². The molecule has 7 rings (SSSR count). The zero-order valence-corrected chi connectivity index (χ0v) is 57.0. The van der Waals surface area contributed by atoms with E-state index in [2.05, 4.69) is 24.5 Å². The van der Waals surface area contributed by atoms with E-state index in [1.807, 2.05) is 53.5 Å². The molecule has 4 unspecified atom stereocenters. The first-order valence-electron chi connectivity index (χ1n) is 33.9. The second-order valence-electron chi connectivity index (χ2n) is 29.7. The molecule has 0 aromatic rings. The van der Waals surface area contributed by atoms with Crippen LogP contribution < -0.4 is 10.6 Å². The number of esters is 1. The van der Waals surface area contributed by atoms with Crippen LogP contribution in [0, 0.1) is 52.3 Å².